The summed E-state index contributed by atoms with van der Waals surface area (Å²) in [6.45, 7) is 2.10. The maximum Gasteiger partial charge on any atom is 0.317 e. The van der Waals surface area contributed by atoms with Crippen LogP contribution in [0, 0.1) is 0 Å². The van der Waals surface area contributed by atoms with E-state index in [2.05, 4.69) is 15.5 Å². The number of carbonyl (C=O) groups is 2. The van der Waals surface area contributed by atoms with Gasteiger partial charge in [-0.2, -0.15) is 0 Å². The van der Waals surface area contributed by atoms with Crippen LogP contribution in [0.2, 0.25) is 10.0 Å². The average molecular weight is 467 g/mol. The predicted octanol–water partition coefficient (Wildman–Crippen LogP) is 3.48. The molecular formula is C21H24Cl2N4O4. The lowest BCUT2D eigenvalue weighted by Crippen LogP contribution is -2.52. The van der Waals surface area contributed by atoms with E-state index in [9.17, 15) is 9.59 Å². The van der Waals surface area contributed by atoms with Crippen LogP contribution in [0.15, 0.2) is 36.4 Å². The Labute approximate surface area is 191 Å². The van der Waals surface area contributed by atoms with Crippen molar-refractivity contribution in [2.45, 2.75) is 0 Å². The Hall–Kier alpha value is -2.84. The number of carbonyl (C=O) groups excluding carboxylic acids is 2. The molecule has 1 saturated heterocycles. The highest BCUT2D eigenvalue weighted by Gasteiger charge is 2.23. The zero-order chi connectivity index (χ0) is 22.4. The van der Waals surface area contributed by atoms with Gasteiger partial charge in [-0.15, -0.1) is 0 Å². The maximum absolute atomic E-state index is 12.4. The maximum atomic E-state index is 12.4. The molecule has 2 N–H and O–H groups in total. The largest absolute Gasteiger partial charge is 0.493 e. The van der Waals surface area contributed by atoms with Crippen molar-refractivity contribution < 1.29 is 19.1 Å². The molecule has 0 aliphatic carbocycles. The van der Waals surface area contributed by atoms with E-state index in [1.165, 1.54) is 14.2 Å². The van der Waals surface area contributed by atoms with Crippen LogP contribution < -0.4 is 25.0 Å². The SMILES string of the molecule is COc1ccc(NC(=O)CNC(=O)N2CCN(c3cccc(Cl)c3Cl)CC2)cc1OC. The monoisotopic (exact) mass is 466 g/mol. The molecule has 2 aromatic carbocycles. The molecule has 166 valence electrons. The van der Waals surface area contributed by atoms with Crippen LogP contribution >= 0.6 is 23.2 Å². The number of amides is 3. The Bertz CT molecular complexity index is 949. The molecule has 10 heteroatoms. The number of nitrogens with one attached hydrogen (secondary N) is 2. The number of hydrogen-bond acceptors (Lipinski definition) is 5. The van der Waals surface area contributed by atoms with Crippen LogP contribution in [0.4, 0.5) is 16.2 Å². The number of halogens is 2. The third-order valence-electron chi connectivity index (χ3n) is 4.91. The Morgan fingerprint density at radius 3 is 2.39 bits per heavy atom. The van der Waals surface area contributed by atoms with Gasteiger partial charge in [0.1, 0.15) is 0 Å². The molecule has 0 saturated carbocycles. The minimum atomic E-state index is -0.343. The molecule has 0 atom stereocenters. The van der Waals surface area contributed by atoms with E-state index in [1.807, 2.05) is 12.1 Å². The fourth-order valence-electron chi connectivity index (χ4n) is 3.27. The molecule has 3 amide bonds. The van der Waals surface area contributed by atoms with Gasteiger partial charge in [0.05, 0.1) is 36.5 Å². The zero-order valence-corrected chi connectivity index (χ0v) is 18.8. The second-order valence-corrected chi connectivity index (χ2v) is 7.61. The van der Waals surface area contributed by atoms with Crippen LogP contribution in [0.3, 0.4) is 0 Å². The minimum absolute atomic E-state index is 0.145. The second kappa shape index (κ2) is 10.5. The first kappa shape index (κ1) is 22.8. The molecule has 1 aliphatic rings. The lowest BCUT2D eigenvalue weighted by molar-refractivity contribution is -0.115. The van der Waals surface area contributed by atoms with Crippen LogP contribution in [-0.4, -0.2) is 63.8 Å². The van der Waals surface area contributed by atoms with Crippen LogP contribution in [0.1, 0.15) is 0 Å². The van der Waals surface area contributed by atoms with Crippen molar-refractivity contribution in [3.8, 4) is 11.5 Å². The van der Waals surface area contributed by atoms with Gasteiger partial charge in [-0.05, 0) is 24.3 Å². The summed E-state index contributed by atoms with van der Waals surface area (Å²) in [5.74, 6) is 0.721. The number of benzene rings is 2. The van der Waals surface area contributed by atoms with Gasteiger partial charge in [-0.3, -0.25) is 4.79 Å². The van der Waals surface area contributed by atoms with E-state index in [0.29, 0.717) is 53.4 Å². The van der Waals surface area contributed by atoms with E-state index >= 15 is 0 Å². The highest BCUT2D eigenvalue weighted by molar-refractivity contribution is 6.43. The number of methoxy groups -OCH3 is 2. The Morgan fingerprint density at radius 1 is 1.00 bits per heavy atom. The number of hydrogen-bond donors (Lipinski definition) is 2. The molecule has 2 aromatic rings. The second-order valence-electron chi connectivity index (χ2n) is 6.82. The molecular weight excluding hydrogens is 443 g/mol. The molecule has 0 bridgehead atoms. The number of piperazine rings is 1. The number of nitrogens with zero attached hydrogens (tertiary/aromatic N) is 2. The van der Waals surface area contributed by atoms with Gasteiger partial charge in [-0.25, -0.2) is 4.79 Å². The lowest BCUT2D eigenvalue weighted by Gasteiger charge is -2.36. The van der Waals surface area contributed by atoms with Crippen LogP contribution in [0.25, 0.3) is 0 Å². The Morgan fingerprint density at radius 2 is 1.71 bits per heavy atom. The van der Waals surface area contributed by atoms with Gasteiger partial charge in [-0.1, -0.05) is 29.3 Å². The van der Waals surface area contributed by atoms with Crippen molar-refractivity contribution in [3.05, 3.63) is 46.4 Å². The summed E-state index contributed by atoms with van der Waals surface area (Å²) < 4.78 is 10.4. The van der Waals surface area contributed by atoms with Crippen molar-refractivity contribution in [2.75, 3.05) is 57.2 Å². The molecule has 1 fully saturated rings. The van der Waals surface area contributed by atoms with E-state index in [1.54, 1.807) is 29.2 Å². The quantitative estimate of drug-likeness (QED) is 0.680. The van der Waals surface area contributed by atoms with E-state index in [0.717, 1.165) is 5.69 Å². The first-order chi connectivity index (χ1) is 14.9. The first-order valence-electron chi connectivity index (χ1n) is 9.66. The summed E-state index contributed by atoms with van der Waals surface area (Å²) in [4.78, 5) is 28.4. The van der Waals surface area contributed by atoms with Gasteiger partial charge >= 0.3 is 6.03 Å². The zero-order valence-electron chi connectivity index (χ0n) is 17.3. The van der Waals surface area contributed by atoms with E-state index in [4.69, 9.17) is 32.7 Å². The minimum Gasteiger partial charge on any atom is -0.493 e. The fourth-order valence-corrected chi connectivity index (χ4v) is 3.69. The molecule has 0 spiro atoms. The summed E-state index contributed by atoms with van der Waals surface area (Å²) in [6.07, 6.45) is 0. The summed E-state index contributed by atoms with van der Waals surface area (Å²) in [5.41, 5.74) is 1.40. The lowest BCUT2D eigenvalue weighted by atomic mass is 10.2. The van der Waals surface area contributed by atoms with Gasteiger partial charge in [0.25, 0.3) is 0 Å². The topological polar surface area (TPSA) is 83.1 Å². The number of rotatable bonds is 6. The van der Waals surface area contributed by atoms with Gasteiger partial charge < -0.3 is 29.9 Å². The van der Waals surface area contributed by atoms with Crippen molar-refractivity contribution in [2.24, 2.45) is 0 Å². The summed E-state index contributed by atoms with van der Waals surface area (Å²) in [7, 11) is 3.05. The van der Waals surface area contributed by atoms with Crippen molar-refractivity contribution >= 4 is 46.5 Å². The standard InChI is InChI=1S/C21H24Cl2N4O4/c1-30-17-7-6-14(12-18(17)31-2)25-19(28)13-24-21(29)27-10-8-26(9-11-27)16-5-3-4-15(22)20(16)23/h3-7,12H,8-11,13H2,1-2H3,(H,24,29)(H,25,28). The van der Waals surface area contributed by atoms with Gasteiger partial charge in [0.2, 0.25) is 5.91 Å². The highest BCUT2D eigenvalue weighted by atomic mass is 35.5. The smallest absolute Gasteiger partial charge is 0.317 e. The number of urea groups is 1. The predicted molar refractivity (Wildman–Crippen MR) is 122 cm³/mol. The summed E-state index contributed by atoms with van der Waals surface area (Å²) in [5, 5.41) is 6.38. The van der Waals surface area contributed by atoms with E-state index in [-0.39, 0.29) is 18.5 Å². The molecule has 1 aliphatic heterocycles. The third kappa shape index (κ3) is 5.65. The molecule has 0 aromatic heterocycles. The first-order valence-corrected chi connectivity index (χ1v) is 10.4. The van der Waals surface area contributed by atoms with Crippen molar-refractivity contribution in [1.29, 1.82) is 0 Å². The van der Waals surface area contributed by atoms with Crippen molar-refractivity contribution in [1.82, 2.24) is 10.2 Å². The third-order valence-corrected chi connectivity index (χ3v) is 5.72. The normalized spacial score (nSPS) is 13.5. The molecule has 0 unspecified atom stereocenters. The molecule has 31 heavy (non-hydrogen) atoms. The number of anilines is 2. The molecule has 0 radical (unpaired) electrons. The highest BCUT2D eigenvalue weighted by Crippen LogP contribution is 2.33. The van der Waals surface area contributed by atoms with Crippen molar-refractivity contribution in [3.63, 3.8) is 0 Å². The van der Waals surface area contributed by atoms with E-state index < -0.39 is 0 Å². The van der Waals surface area contributed by atoms with Crippen LogP contribution in [0.5, 0.6) is 11.5 Å². The average Bonchev–Trinajstić information content (AvgIpc) is 2.79. The summed E-state index contributed by atoms with van der Waals surface area (Å²) in [6, 6.07) is 10.2. The van der Waals surface area contributed by atoms with Gasteiger partial charge in [0.15, 0.2) is 11.5 Å². The fraction of sp³-hybridized carbons (Fsp3) is 0.333. The molecule has 8 nitrogen and oxygen atoms in total. The van der Waals surface area contributed by atoms with Crippen LogP contribution in [-0.2, 0) is 4.79 Å². The summed E-state index contributed by atoms with van der Waals surface area (Å²) >= 11 is 12.4. The Balaban J connectivity index is 1.47. The number of ether oxygens (including phenoxy) is 2. The molecule has 3 rings (SSSR count). The van der Waals surface area contributed by atoms with Gasteiger partial charge in [0, 0.05) is 37.9 Å². The Kier molecular flexibility index (Phi) is 7.70. The molecule has 1 heterocycles.